The zero-order valence-electron chi connectivity index (χ0n) is 16.9. The molecule has 0 unspecified atom stereocenters. The van der Waals surface area contributed by atoms with E-state index in [0.717, 1.165) is 17.1 Å². The van der Waals surface area contributed by atoms with Gasteiger partial charge in [-0.05, 0) is 49.2 Å². The van der Waals surface area contributed by atoms with Crippen molar-refractivity contribution in [3.63, 3.8) is 0 Å². The lowest BCUT2D eigenvalue weighted by Gasteiger charge is -2.23. The van der Waals surface area contributed by atoms with Gasteiger partial charge in [0.1, 0.15) is 6.54 Å². The van der Waals surface area contributed by atoms with E-state index >= 15 is 0 Å². The minimum absolute atomic E-state index is 0.107. The van der Waals surface area contributed by atoms with Gasteiger partial charge in [0.25, 0.3) is 15.9 Å². The van der Waals surface area contributed by atoms with Gasteiger partial charge in [0.05, 0.1) is 21.7 Å². The molecular formula is C21H19Cl2N3O5S. The van der Waals surface area contributed by atoms with Crippen LogP contribution in [0.15, 0.2) is 47.5 Å². The van der Waals surface area contributed by atoms with Crippen molar-refractivity contribution in [1.82, 2.24) is 9.88 Å². The maximum absolute atomic E-state index is 13.3. The molecule has 0 saturated heterocycles. The Kier molecular flexibility index (Phi) is 5.83. The van der Waals surface area contributed by atoms with Gasteiger partial charge in [0.15, 0.2) is 0 Å². The number of aliphatic carboxylic acids is 1. The maximum atomic E-state index is 13.3. The minimum Gasteiger partial charge on any atom is -0.480 e. The van der Waals surface area contributed by atoms with Crippen LogP contribution in [0.4, 0.5) is 5.69 Å². The van der Waals surface area contributed by atoms with Crippen LogP contribution in [0.1, 0.15) is 23.2 Å². The molecule has 2 N–H and O–H groups in total. The molecule has 1 aromatic heterocycles. The predicted molar refractivity (Wildman–Crippen MR) is 122 cm³/mol. The van der Waals surface area contributed by atoms with Crippen molar-refractivity contribution in [2.45, 2.75) is 23.8 Å². The highest BCUT2D eigenvalue weighted by molar-refractivity contribution is 7.92. The summed E-state index contributed by atoms with van der Waals surface area (Å²) in [5, 5.41) is 13.2. The molecule has 0 aliphatic heterocycles. The second-order valence-electron chi connectivity index (χ2n) is 7.61. The van der Waals surface area contributed by atoms with Crippen molar-refractivity contribution in [3.05, 3.63) is 58.2 Å². The molecule has 3 aromatic rings. The Balaban J connectivity index is 1.79. The fourth-order valence-electron chi connectivity index (χ4n) is 3.44. The molecule has 8 nitrogen and oxygen atoms in total. The number of sulfonamides is 1. The maximum Gasteiger partial charge on any atom is 0.324 e. The van der Waals surface area contributed by atoms with E-state index in [4.69, 9.17) is 23.2 Å². The number of hydrogen-bond donors (Lipinski definition) is 2. The first-order valence-corrected chi connectivity index (χ1v) is 11.9. The van der Waals surface area contributed by atoms with E-state index < -0.39 is 22.5 Å². The summed E-state index contributed by atoms with van der Waals surface area (Å²) in [4.78, 5) is 23.8. The number of nitrogens with zero attached hydrogens (tertiary/aromatic N) is 2. The van der Waals surface area contributed by atoms with Gasteiger partial charge in [-0.1, -0.05) is 23.2 Å². The average molecular weight is 496 g/mol. The molecule has 168 valence electrons. The van der Waals surface area contributed by atoms with Crippen LogP contribution in [0.3, 0.4) is 0 Å². The average Bonchev–Trinajstić information content (AvgIpc) is 3.46. The fourth-order valence-corrected chi connectivity index (χ4v) is 5.58. The molecule has 11 heteroatoms. The highest BCUT2D eigenvalue weighted by atomic mass is 35.5. The number of anilines is 1. The molecule has 0 atom stereocenters. The number of nitrogens with one attached hydrogen (secondary N) is 1. The molecule has 1 aliphatic rings. The van der Waals surface area contributed by atoms with Crippen molar-refractivity contribution < 1.29 is 23.1 Å². The topological polar surface area (TPSA) is 109 Å². The Hall–Kier alpha value is -2.75. The van der Waals surface area contributed by atoms with Crippen LogP contribution in [0, 0.1) is 0 Å². The quantitative estimate of drug-likeness (QED) is 0.519. The Labute approximate surface area is 194 Å². The molecule has 4 rings (SSSR count). The standard InChI is InChI=1S/C21H19Cl2N3O5S/c1-25-10-18(21(29)24-14-2-3-14)17-5-4-15(9-19(17)25)26(11-20(27)28)32(30,31)16-7-12(22)6-13(23)8-16/h4-10,14H,2-3,11H2,1H3,(H,24,29)(H,27,28). The summed E-state index contributed by atoms with van der Waals surface area (Å²) in [6.07, 6.45) is 3.57. The van der Waals surface area contributed by atoms with Gasteiger partial charge in [-0.25, -0.2) is 8.42 Å². The second kappa shape index (κ2) is 8.31. The van der Waals surface area contributed by atoms with Gasteiger partial charge >= 0.3 is 5.97 Å². The number of carboxylic acid groups (broad SMARTS) is 1. The molecule has 1 amide bonds. The van der Waals surface area contributed by atoms with Crippen LogP contribution in [0.2, 0.25) is 10.0 Å². The summed E-state index contributed by atoms with van der Waals surface area (Å²) in [7, 11) is -2.57. The van der Waals surface area contributed by atoms with E-state index in [-0.39, 0.29) is 32.6 Å². The second-order valence-corrected chi connectivity index (χ2v) is 10.3. The minimum atomic E-state index is -4.30. The molecular weight excluding hydrogens is 477 g/mol. The van der Waals surface area contributed by atoms with E-state index in [1.54, 1.807) is 23.9 Å². The Bertz CT molecular complexity index is 1330. The lowest BCUT2D eigenvalue weighted by atomic mass is 10.1. The van der Waals surface area contributed by atoms with E-state index in [1.807, 2.05) is 0 Å². The van der Waals surface area contributed by atoms with Gasteiger partial charge in [0.2, 0.25) is 0 Å². The predicted octanol–water partition coefficient (Wildman–Crippen LogP) is 3.66. The van der Waals surface area contributed by atoms with E-state index in [9.17, 15) is 23.1 Å². The lowest BCUT2D eigenvalue weighted by molar-refractivity contribution is -0.135. The van der Waals surface area contributed by atoms with Gasteiger partial charge in [-0.15, -0.1) is 0 Å². The lowest BCUT2D eigenvalue weighted by Crippen LogP contribution is -2.35. The van der Waals surface area contributed by atoms with Crippen molar-refractivity contribution in [2.75, 3.05) is 10.8 Å². The summed E-state index contributed by atoms with van der Waals surface area (Å²) < 4.78 is 29.1. The van der Waals surface area contributed by atoms with Crippen molar-refractivity contribution in [3.8, 4) is 0 Å². The Morgan fingerprint density at radius 1 is 1.16 bits per heavy atom. The molecule has 0 radical (unpaired) electrons. The molecule has 0 spiro atoms. The largest absolute Gasteiger partial charge is 0.480 e. The first-order chi connectivity index (χ1) is 15.1. The molecule has 1 saturated carbocycles. The van der Waals surface area contributed by atoms with Gasteiger partial charge in [-0.3, -0.25) is 13.9 Å². The number of hydrogen-bond acceptors (Lipinski definition) is 4. The highest BCUT2D eigenvalue weighted by Gasteiger charge is 2.29. The number of rotatable bonds is 7. The molecule has 1 aliphatic carbocycles. The van der Waals surface area contributed by atoms with Crippen molar-refractivity contribution >= 4 is 61.7 Å². The van der Waals surface area contributed by atoms with Crippen LogP contribution in [0.25, 0.3) is 10.9 Å². The monoisotopic (exact) mass is 495 g/mol. The van der Waals surface area contributed by atoms with Crippen LogP contribution in [-0.4, -0.2) is 42.6 Å². The Morgan fingerprint density at radius 3 is 2.41 bits per heavy atom. The number of amides is 1. The number of fused-ring (bicyclic) bond motifs is 1. The van der Waals surface area contributed by atoms with E-state index in [2.05, 4.69) is 5.32 Å². The number of aromatic nitrogens is 1. The molecule has 0 bridgehead atoms. The molecule has 1 heterocycles. The third-order valence-electron chi connectivity index (χ3n) is 5.12. The number of benzene rings is 2. The Morgan fingerprint density at radius 2 is 1.81 bits per heavy atom. The summed E-state index contributed by atoms with van der Waals surface area (Å²) in [6, 6.07) is 8.62. The van der Waals surface area contributed by atoms with E-state index in [0.29, 0.717) is 16.5 Å². The summed E-state index contributed by atoms with van der Waals surface area (Å²) in [6.45, 7) is -0.808. The number of carboxylic acids is 1. The number of carbonyl (C=O) groups excluding carboxylic acids is 1. The third-order valence-corrected chi connectivity index (χ3v) is 7.31. The summed E-state index contributed by atoms with van der Waals surface area (Å²) in [5.74, 6) is -1.53. The first-order valence-electron chi connectivity index (χ1n) is 9.67. The van der Waals surface area contributed by atoms with E-state index in [1.165, 1.54) is 30.3 Å². The molecule has 32 heavy (non-hydrogen) atoms. The van der Waals surface area contributed by atoms with Crippen LogP contribution in [-0.2, 0) is 21.9 Å². The third kappa shape index (κ3) is 4.41. The zero-order valence-corrected chi connectivity index (χ0v) is 19.2. The smallest absolute Gasteiger partial charge is 0.324 e. The fraction of sp³-hybridized carbons (Fsp3) is 0.238. The highest BCUT2D eigenvalue weighted by Crippen LogP contribution is 2.32. The van der Waals surface area contributed by atoms with Crippen molar-refractivity contribution in [1.29, 1.82) is 0 Å². The number of halogens is 2. The SMILES string of the molecule is Cn1cc(C(=O)NC2CC2)c2ccc(N(CC(=O)O)S(=O)(=O)c3cc(Cl)cc(Cl)c3)cc21. The molecule has 1 fully saturated rings. The van der Waals surface area contributed by atoms with Crippen LogP contribution >= 0.6 is 23.2 Å². The van der Waals surface area contributed by atoms with Gasteiger partial charge in [0, 0.05) is 34.7 Å². The number of aryl methyl sites for hydroxylation is 1. The van der Waals surface area contributed by atoms with Crippen LogP contribution < -0.4 is 9.62 Å². The van der Waals surface area contributed by atoms with Crippen molar-refractivity contribution in [2.24, 2.45) is 7.05 Å². The van der Waals surface area contributed by atoms with Crippen LogP contribution in [0.5, 0.6) is 0 Å². The van der Waals surface area contributed by atoms with Gasteiger partial charge < -0.3 is 15.0 Å². The van der Waals surface area contributed by atoms with Gasteiger partial charge in [-0.2, -0.15) is 0 Å². The normalized spacial score (nSPS) is 13.8. The number of carbonyl (C=O) groups is 2. The summed E-state index contributed by atoms with van der Waals surface area (Å²) in [5.41, 5.74) is 1.18. The zero-order chi connectivity index (χ0) is 23.2. The first kappa shape index (κ1) is 22.4. The summed E-state index contributed by atoms with van der Waals surface area (Å²) >= 11 is 11.9. The molecule has 2 aromatic carbocycles.